The van der Waals surface area contributed by atoms with Crippen LogP contribution < -0.4 is 0 Å². The summed E-state index contributed by atoms with van der Waals surface area (Å²) in [5.74, 6) is -0.410. The first-order valence-corrected chi connectivity index (χ1v) is 8.81. The molecule has 0 aliphatic carbocycles. The van der Waals surface area contributed by atoms with Gasteiger partial charge in [-0.15, -0.1) is 0 Å². The lowest BCUT2D eigenvalue weighted by Crippen LogP contribution is -2.37. The number of unbranched alkanes of at least 4 members (excludes halogenated alkanes) is 1. The molecule has 2 unspecified atom stereocenters. The Labute approximate surface area is 132 Å². The summed E-state index contributed by atoms with van der Waals surface area (Å²) in [5.41, 5.74) is 0. The number of ether oxygens (including phenoxy) is 1. The number of rotatable bonds is 12. The Kier molecular flexibility index (Phi) is 10.1. The second kappa shape index (κ2) is 10.3. The molecule has 0 fully saturated rings. The molecule has 0 aromatic heterocycles. The van der Waals surface area contributed by atoms with E-state index < -0.39 is 26.5 Å². The predicted molar refractivity (Wildman–Crippen MR) is 81.1 cm³/mol. The van der Waals surface area contributed by atoms with Crippen molar-refractivity contribution in [3.05, 3.63) is 0 Å². The minimum Gasteiger partial charge on any atom is -0.463 e. The Morgan fingerprint density at radius 1 is 1.23 bits per heavy atom. The van der Waals surface area contributed by atoms with Gasteiger partial charge in [0.1, 0.15) is 25.9 Å². The van der Waals surface area contributed by atoms with Crippen molar-refractivity contribution in [1.82, 2.24) is 0 Å². The predicted octanol–water partition coefficient (Wildman–Crippen LogP) is 0.920. The smallest absolute Gasteiger partial charge is 0.463 e. The van der Waals surface area contributed by atoms with E-state index >= 15 is 0 Å². The monoisotopic (exact) mass is 342 g/mol. The number of hydrogen-bond donors (Lipinski definition) is 2. The maximum absolute atomic E-state index is 11.6. The zero-order valence-electron chi connectivity index (χ0n) is 13.9. The summed E-state index contributed by atoms with van der Waals surface area (Å²) >= 11 is 0. The molecule has 0 radical (unpaired) electrons. The molecular formula is C13H29NO7P+. The van der Waals surface area contributed by atoms with Gasteiger partial charge < -0.3 is 19.2 Å². The number of hydrogen-bond acceptors (Lipinski definition) is 6. The van der Waals surface area contributed by atoms with Crippen molar-refractivity contribution >= 4 is 13.8 Å². The molecule has 0 aromatic rings. The Morgan fingerprint density at radius 2 is 1.86 bits per heavy atom. The van der Waals surface area contributed by atoms with Crippen LogP contribution in [-0.2, 0) is 23.1 Å². The normalized spacial score (nSPS) is 16.1. The van der Waals surface area contributed by atoms with Gasteiger partial charge >= 0.3 is 13.8 Å². The molecule has 0 amide bonds. The lowest BCUT2D eigenvalue weighted by molar-refractivity contribution is -0.870. The zero-order chi connectivity index (χ0) is 17.2. The molecule has 0 bridgehead atoms. The Hall–Kier alpha value is -0.500. The molecule has 0 heterocycles. The van der Waals surface area contributed by atoms with Gasteiger partial charge in [-0.2, -0.15) is 0 Å². The number of phosphoric ester groups is 1. The molecule has 22 heavy (non-hydrogen) atoms. The summed E-state index contributed by atoms with van der Waals surface area (Å²) in [6, 6.07) is 0. The minimum atomic E-state index is -4.21. The van der Waals surface area contributed by atoms with Gasteiger partial charge in [0.25, 0.3) is 0 Å². The molecule has 0 aliphatic heterocycles. The SMILES string of the molecule is CCCCC(=O)OCC(O)COP(=O)(O)OCC[N+](C)(C)C. The number of esters is 1. The van der Waals surface area contributed by atoms with Crippen molar-refractivity contribution in [2.75, 3.05) is 47.5 Å². The van der Waals surface area contributed by atoms with E-state index in [9.17, 15) is 19.4 Å². The fraction of sp³-hybridized carbons (Fsp3) is 0.923. The molecular weight excluding hydrogens is 313 g/mol. The molecule has 0 aromatic carbocycles. The molecule has 2 atom stereocenters. The van der Waals surface area contributed by atoms with Gasteiger partial charge in [0.2, 0.25) is 0 Å². The van der Waals surface area contributed by atoms with Crippen LogP contribution in [0.5, 0.6) is 0 Å². The zero-order valence-corrected chi connectivity index (χ0v) is 14.8. The Morgan fingerprint density at radius 3 is 2.41 bits per heavy atom. The van der Waals surface area contributed by atoms with E-state index in [1.807, 2.05) is 28.1 Å². The average molecular weight is 342 g/mol. The van der Waals surface area contributed by atoms with Gasteiger partial charge in [-0.3, -0.25) is 13.8 Å². The van der Waals surface area contributed by atoms with Crippen molar-refractivity contribution in [2.45, 2.75) is 32.3 Å². The molecule has 0 rings (SSSR count). The quantitative estimate of drug-likeness (QED) is 0.309. The minimum absolute atomic E-state index is 0.0549. The first-order chi connectivity index (χ1) is 10.1. The lowest BCUT2D eigenvalue weighted by atomic mass is 10.2. The fourth-order valence-corrected chi connectivity index (χ4v) is 2.03. The van der Waals surface area contributed by atoms with Gasteiger partial charge in [0.05, 0.1) is 27.7 Å². The molecule has 0 spiro atoms. The lowest BCUT2D eigenvalue weighted by Gasteiger charge is -2.24. The molecule has 8 nitrogen and oxygen atoms in total. The van der Waals surface area contributed by atoms with Crippen molar-refractivity contribution in [3.63, 3.8) is 0 Å². The summed E-state index contributed by atoms with van der Waals surface area (Å²) in [5, 5.41) is 9.55. The highest BCUT2D eigenvalue weighted by Crippen LogP contribution is 2.43. The number of carbonyl (C=O) groups is 1. The Bertz CT molecular complexity index is 370. The molecule has 0 saturated carbocycles. The van der Waals surface area contributed by atoms with E-state index in [2.05, 4.69) is 4.52 Å². The number of aliphatic hydroxyl groups is 1. The first kappa shape index (κ1) is 21.5. The number of phosphoric acid groups is 1. The number of nitrogens with zero attached hydrogens (tertiary/aromatic N) is 1. The number of likely N-dealkylation sites (N-methyl/N-ethyl adjacent to an activating group) is 1. The number of aliphatic hydroxyl groups excluding tert-OH is 1. The van der Waals surface area contributed by atoms with Gasteiger partial charge in [-0.25, -0.2) is 4.57 Å². The highest BCUT2D eigenvalue weighted by Gasteiger charge is 2.24. The molecule has 0 saturated heterocycles. The van der Waals surface area contributed by atoms with Crippen molar-refractivity contribution in [1.29, 1.82) is 0 Å². The van der Waals surface area contributed by atoms with Crippen LogP contribution in [0.15, 0.2) is 0 Å². The molecule has 2 N–H and O–H groups in total. The molecule has 9 heteroatoms. The average Bonchev–Trinajstić information content (AvgIpc) is 2.39. The summed E-state index contributed by atoms with van der Waals surface area (Å²) in [6.45, 7) is 1.82. The third kappa shape index (κ3) is 13.2. The van der Waals surface area contributed by atoms with E-state index in [0.29, 0.717) is 11.0 Å². The highest BCUT2D eigenvalue weighted by atomic mass is 31.2. The molecule has 132 valence electrons. The van der Waals surface area contributed by atoms with Crippen LogP contribution in [-0.4, -0.2) is 74.1 Å². The van der Waals surface area contributed by atoms with E-state index in [1.165, 1.54) is 0 Å². The van der Waals surface area contributed by atoms with Crippen LogP contribution in [0.1, 0.15) is 26.2 Å². The van der Waals surface area contributed by atoms with Crippen molar-refractivity contribution < 1.29 is 37.6 Å². The van der Waals surface area contributed by atoms with E-state index in [0.717, 1.165) is 12.8 Å². The van der Waals surface area contributed by atoms with Gasteiger partial charge in [0, 0.05) is 6.42 Å². The van der Waals surface area contributed by atoms with E-state index in [-0.39, 0.29) is 19.6 Å². The van der Waals surface area contributed by atoms with Crippen molar-refractivity contribution in [2.24, 2.45) is 0 Å². The summed E-state index contributed by atoms with van der Waals surface area (Å²) in [7, 11) is 1.55. The summed E-state index contributed by atoms with van der Waals surface area (Å²) < 4.78 is 26.4. The van der Waals surface area contributed by atoms with Gasteiger partial charge in [0.15, 0.2) is 0 Å². The van der Waals surface area contributed by atoms with Crippen molar-refractivity contribution in [3.8, 4) is 0 Å². The van der Waals surface area contributed by atoms with E-state index in [1.54, 1.807) is 0 Å². The number of quaternary nitrogens is 1. The summed E-state index contributed by atoms with van der Waals surface area (Å²) in [4.78, 5) is 20.7. The summed E-state index contributed by atoms with van der Waals surface area (Å²) in [6.07, 6.45) is 0.709. The second-order valence-corrected chi connectivity index (χ2v) is 7.51. The van der Waals surface area contributed by atoms with Crippen LogP contribution in [0.4, 0.5) is 0 Å². The standard InChI is InChI=1S/C13H28NO7P/c1-5-6-7-13(16)19-10-12(15)11-21-22(17,18)20-9-8-14(2,3)4/h12,15H,5-11H2,1-4H3/p+1. The second-order valence-electron chi connectivity index (χ2n) is 6.05. The highest BCUT2D eigenvalue weighted by molar-refractivity contribution is 7.47. The third-order valence-corrected chi connectivity index (χ3v) is 3.60. The van der Waals surface area contributed by atoms with Crippen LogP contribution >= 0.6 is 7.82 Å². The number of carbonyl (C=O) groups excluding carboxylic acids is 1. The topological polar surface area (TPSA) is 102 Å². The Balaban J connectivity index is 3.89. The van der Waals surface area contributed by atoms with Gasteiger partial charge in [-0.05, 0) is 6.42 Å². The maximum Gasteiger partial charge on any atom is 0.472 e. The first-order valence-electron chi connectivity index (χ1n) is 7.32. The van der Waals surface area contributed by atoms with Crippen LogP contribution in [0.2, 0.25) is 0 Å². The third-order valence-electron chi connectivity index (χ3n) is 2.62. The fourth-order valence-electron chi connectivity index (χ4n) is 1.28. The van der Waals surface area contributed by atoms with E-state index in [4.69, 9.17) is 9.26 Å². The maximum atomic E-state index is 11.6. The van der Waals surface area contributed by atoms with Crippen LogP contribution in [0.25, 0.3) is 0 Å². The van der Waals surface area contributed by atoms with Crippen LogP contribution in [0, 0.1) is 0 Å². The largest absolute Gasteiger partial charge is 0.472 e. The van der Waals surface area contributed by atoms with Crippen LogP contribution in [0.3, 0.4) is 0 Å². The van der Waals surface area contributed by atoms with Gasteiger partial charge in [-0.1, -0.05) is 13.3 Å². The molecule has 0 aliphatic rings.